The minimum absolute atomic E-state index is 0. The van der Waals surface area contributed by atoms with E-state index in [9.17, 15) is 22.6 Å². The van der Waals surface area contributed by atoms with E-state index in [-0.39, 0.29) is 59.2 Å². The van der Waals surface area contributed by atoms with Crippen molar-refractivity contribution in [3.8, 4) is 11.3 Å². The van der Waals surface area contributed by atoms with E-state index < -0.39 is 39.4 Å². The van der Waals surface area contributed by atoms with Gasteiger partial charge in [0.25, 0.3) is 5.91 Å². The van der Waals surface area contributed by atoms with Gasteiger partial charge in [0.05, 0.1) is 27.5 Å². The predicted molar refractivity (Wildman–Crippen MR) is 175 cm³/mol. The standard InChI is InChI=1S/C36H35FN2O6S.Na/c1-36(2,3)28-15-12-24(13-16-28)29(20-23-8-10-25(11-9-23)34(40)38-18-19-46(42,43)44)35(41)39-31-17-14-27(21-30(31)37)33-22-26-6-4-5-7-32(26)45-33;/h4-17,21-22,29H,18-20H2,1-3H3,(H,38,40)(H,39,41)(H,42,43,44);/q;+1/p-1. The van der Waals surface area contributed by atoms with Crippen LogP contribution < -0.4 is 40.2 Å². The van der Waals surface area contributed by atoms with Crippen LogP contribution in [-0.4, -0.2) is 37.1 Å². The Hall–Kier alpha value is -3.80. The summed E-state index contributed by atoms with van der Waals surface area (Å²) >= 11 is 0. The van der Waals surface area contributed by atoms with E-state index in [4.69, 9.17) is 4.42 Å². The summed E-state index contributed by atoms with van der Waals surface area (Å²) in [5.41, 5.74) is 4.05. The van der Waals surface area contributed by atoms with Crippen molar-refractivity contribution >= 4 is 38.6 Å². The Morgan fingerprint density at radius 1 is 0.915 bits per heavy atom. The van der Waals surface area contributed by atoms with Crippen LogP contribution in [0.5, 0.6) is 0 Å². The van der Waals surface area contributed by atoms with Gasteiger partial charge in [0.1, 0.15) is 17.2 Å². The van der Waals surface area contributed by atoms with Crippen molar-refractivity contribution in [2.24, 2.45) is 0 Å². The van der Waals surface area contributed by atoms with Gasteiger partial charge in [-0.15, -0.1) is 0 Å². The minimum atomic E-state index is -4.44. The number of hydrogen-bond donors (Lipinski definition) is 2. The zero-order valence-corrected chi connectivity index (χ0v) is 29.5. The molecular formula is C36H34FN2NaO6S. The number of carbonyl (C=O) groups is 2. The summed E-state index contributed by atoms with van der Waals surface area (Å²) in [6.45, 7) is 6.00. The van der Waals surface area contributed by atoms with Crippen LogP contribution in [0.2, 0.25) is 0 Å². The van der Waals surface area contributed by atoms with Crippen LogP contribution in [0.1, 0.15) is 53.7 Å². The molecule has 2 amide bonds. The molecule has 1 unspecified atom stereocenters. The number of para-hydroxylation sites is 1. The van der Waals surface area contributed by atoms with Crippen molar-refractivity contribution in [2.75, 3.05) is 17.6 Å². The molecule has 1 atom stereocenters. The SMILES string of the molecule is CC(C)(C)c1ccc(C(Cc2ccc(C(=O)NCCS(=O)(=O)[O-])cc2)C(=O)Nc2ccc(-c3cc4ccccc4o3)cc2F)cc1.[Na+]. The molecule has 0 saturated heterocycles. The summed E-state index contributed by atoms with van der Waals surface area (Å²) in [6, 6.07) is 28.2. The number of rotatable bonds is 10. The van der Waals surface area contributed by atoms with Crippen LogP contribution in [-0.2, 0) is 26.7 Å². The topological polar surface area (TPSA) is 129 Å². The average molecular weight is 665 g/mol. The Labute approximate surface area is 295 Å². The molecule has 0 spiro atoms. The molecule has 2 N–H and O–H groups in total. The van der Waals surface area contributed by atoms with Crippen molar-refractivity contribution in [1.29, 1.82) is 0 Å². The second-order valence-corrected chi connectivity index (χ2v) is 13.7. The van der Waals surface area contributed by atoms with E-state index in [0.717, 1.165) is 22.1 Å². The number of fused-ring (bicyclic) bond motifs is 1. The summed E-state index contributed by atoms with van der Waals surface area (Å²) in [5.74, 6) is -2.41. The van der Waals surface area contributed by atoms with Crippen molar-refractivity contribution in [3.63, 3.8) is 0 Å². The second kappa shape index (κ2) is 15.0. The van der Waals surface area contributed by atoms with Gasteiger partial charge in [-0.1, -0.05) is 75.4 Å². The number of furan rings is 1. The molecule has 0 bridgehead atoms. The fraction of sp³-hybridized carbons (Fsp3) is 0.222. The zero-order chi connectivity index (χ0) is 33.1. The first-order chi connectivity index (χ1) is 21.8. The van der Waals surface area contributed by atoms with Crippen molar-refractivity contribution < 1.29 is 60.9 Å². The van der Waals surface area contributed by atoms with Crippen LogP contribution in [0.15, 0.2) is 101 Å². The third kappa shape index (κ3) is 9.39. The number of anilines is 1. The van der Waals surface area contributed by atoms with E-state index in [0.29, 0.717) is 16.9 Å². The second-order valence-electron chi connectivity index (χ2n) is 12.2. The molecule has 238 valence electrons. The third-order valence-electron chi connectivity index (χ3n) is 7.73. The first-order valence-corrected chi connectivity index (χ1v) is 16.3. The van der Waals surface area contributed by atoms with E-state index in [1.165, 1.54) is 12.1 Å². The Kier molecular flexibility index (Phi) is 11.5. The molecule has 11 heteroatoms. The van der Waals surface area contributed by atoms with Crippen LogP contribution in [0.4, 0.5) is 10.1 Å². The van der Waals surface area contributed by atoms with Gasteiger partial charge in [-0.25, -0.2) is 12.8 Å². The summed E-state index contributed by atoms with van der Waals surface area (Å²) in [7, 11) is -4.44. The van der Waals surface area contributed by atoms with Gasteiger partial charge in [-0.05, 0) is 71.0 Å². The van der Waals surface area contributed by atoms with E-state index in [2.05, 4.69) is 31.4 Å². The summed E-state index contributed by atoms with van der Waals surface area (Å²) in [6.07, 6.45) is 0.260. The maximum absolute atomic E-state index is 15.4. The number of amides is 2. The summed E-state index contributed by atoms with van der Waals surface area (Å²) < 4.78 is 53.7. The first kappa shape index (κ1) is 36.0. The fourth-order valence-corrected chi connectivity index (χ4v) is 5.46. The number of carbonyl (C=O) groups excluding carboxylic acids is 2. The van der Waals surface area contributed by atoms with Crippen LogP contribution in [0.25, 0.3) is 22.3 Å². The van der Waals surface area contributed by atoms with Crippen molar-refractivity contribution in [3.05, 3.63) is 125 Å². The zero-order valence-electron chi connectivity index (χ0n) is 26.7. The van der Waals surface area contributed by atoms with Gasteiger partial charge in [0, 0.05) is 23.1 Å². The van der Waals surface area contributed by atoms with Gasteiger partial charge in [-0.2, -0.15) is 0 Å². The molecule has 5 rings (SSSR count). The van der Waals surface area contributed by atoms with Gasteiger partial charge in [0.2, 0.25) is 5.91 Å². The van der Waals surface area contributed by atoms with Crippen LogP contribution >= 0.6 is 0 Å². The van der Waals surface area contributed by atoms with E-state index in [1.807, 2.05) is 54.6 Å². The van der Waals surface area contributed by atoms with E-state index >= 15 is 4.39 Å². The maximum Gasteiger partial charge on any atom is 1.00 e. The molecule has 0 radical (unpaired) electrons. The third-order valence-corrected chi connectivity index (χ3v) is 8.43. The average Bonchev–Trinajstić information content (AvgIpc) is 3.45. The molecule has 4 aromatic carbocycles. The van der Waals surface area contributed by atoms with Gasteiger partial charge in [0.15, 0.2) is 0 Å². The van der Waals surface area contributed by atoms with Crippen molar-refractivity contribution in [2.45, 2.75) is 38.5 Å². The summed E-state index contributed by atoms with van der Waals surface area (Å²) in [4.78, 5) is 26.2. The van der Waals surface area contributed by atoms with E-state index in [1.54, 1.807) is 30.3 Å². The molecule has 47 heavy (non-hydrogen) atoms. The molecular weight excluding hydrogens is 630 g/mol. The van der Waals surface area contributed by atoms with Crippen LogP contribution in [0, 0.1) is 5.82 Å². The summed E-state index contributed by atoms with van der Waals surface area (Å²) in [5, 5.41) is 6.07. The number of halogens is 1. The Morgan fingerprint density at radius 3 is 2.21 bits per heavy atom. The molecule has 5 aromatic rings. The molecule has 0 saturated carbocycles. The predicted octanol–water partition coefficient (Wildman–Crippen LogP) is 3.78. The minimum Gasteiger partial charge on any atom is -0.748 e. The quantitative estimate of drug-likeness (QED) is 0.173. The Balaban J connectivity index is 0.00000500. The van der Waals surface area contributed by atoms with Crippen LogP contribution in [0.3, 0.4) is 0 Å². The first-order valence-electron chi connectivity index (χ1n) is 14.8. The fourth-order valence-electron chi connectivity index (χ4n) is 5.11. The molecule has 1 aromatic heterocycles. The monoisotopic (exact) mass is 664 g/mol. The molecule has 8 nitrogen and oxygen atoms in total. The van der Waals surface area contributed by atoms with Gasteiger partial charge >= 0.3 is 29.6 Å². The van der Waals surface area contributed by atoms with Crippen molar-refractivity contribution in [1.82, 2.24) is 5.32 Å². The van der Waals surface area contributed by atoms with Gasteiger partial charge in [-0.3, -0.25) is 9.59 Å². The Bertz CT molecular complexity index is 1950. The maximum atomic E-state index is 15.4. The Morgan fingerprint density at radius 2 is 1.60 bits per heavy atom. The number of hydrogen-bond acceptors (Lipinski definition) is 6. The molecule has 0 fully saturated rings. The number of benzene rings is 4. The smallest absolute Gasteiger partial charge is 0.748 e. The molecule has 0 aliphatic carbocycles. The number of nitrogens with one attached hydrogen (secondary N) is 2. The molecule has 1 heterocycles. The molecule has 0 aliphatic heterocycles. The largest absolute Gasteiger partial charge is 1.00 e. The molecule has 0 aliphatic rings. The van der Waals surface area contributed by atoms with Gasteiger partial charge < -0.3 is 19.6 Å². The normalized spacial score (nSPS) is 12.3.